The molecule has 0 amide bonds. The highest BCUT2D eigenvalue weighted by atomic mass is 31.2. The first-order valence-corrected chi connectivity index (χ1v) is 8.31. The number of anilines is 1. The van der Waals surface area contributed by atoms with Gasteiger partial charge < -0.3 is 25.6 Å². The molecule has 1 aliphatic heterocycles. The van der Waals surface area contributed by atoms with Gasteiger partial charge in [0.25, 0.3) is 0 Å². The lowest BCUT2D eigenvalue weighted by atomic mass is 10.1. The number of hydrogen-bond donors (Lipinski definition) is 4. The van der Waals surface area contributed by atoms with E-state index in [0.717, 1.165) is 7.11 Å². The summed E-state index contributed by atoms with van der Waals surface area (Å²) in [5, 5.41) is 20.3. The van der Waals surface area contributed by atoms with Crippen LogP contribution in [0.3, 0.4) is 0 Å². The smallest absolute Gasteiger partial charge is 0.387 e. The Balaban J connectivity index is 1.82. The number of nitrogens with zero attached hydrogens (tertiary/aromatic N) is 4. The van der Waals surface area contributed by atoms with E-state index in [4.69, 9.17) is 10.5 Å². The van der Waals surface area contributed by atoms with E-state index >= 15 is 0 Å². The van der Waals surface area contributed by atoms with Crippen LogP contribution >= 0.6 is 7.82 Å². The molecule has 0 aliphatic carbocycles. The highest BCUT2D eigenvalue weighted by Crippen LogP contribution is 2.43. The maximum Gasteiger partial charge on any atom is 0.472 e. The first-order valence-electron chi connectivity index (χ1n) is 6.81. The zero-order chi connectivity index (χ0) is 17.5. The third-order valence-electron chi connectivity index (χ3n) is 3.63. The lowest BCUT2D eigenvalue weighted by Gasteiger charge is -2.16. The van der Waals surface area contributed by atoms with Crippen molar-refractivity contribution in [2.75, 3.05) is 19.5 Å². The van der Waals surface area contributed by atoms with Gasteiger partial charge in [0.15, 0.2) is 17.7 Å². The van der Waals surface area contributed by atoms with Crippen molar-refractivity contribution < 1.29 is 33.5 Å². The number of phosphoric acid groups is 1. The van der Waals surface area contributed by atoms with E-state index in [9.17, 15) is 19.7 Å². The molecule has 5 atom stereocenters. The van der Waals surface area contributed by atoms with Crippen molar-refractivity contribution in [1.82, 2.24) is 19.5 Å². The Morgan fingerprint density at radius 2 is 2.12 bits per heavy atom. The van der Waals surface area contributed by atoms with Gasteiger partial charge in [-0.05, 0) is 0 Å². The molecule has 1 aliphatic rings. The van der Waals surface area contributed by atoms with Gasteiger partial charge in [-0.1, -0.05) is 0 Å². The number of nitrogen functional groups attached to an aromatic ring is 1. The van der Waals surface area contributed by atoms with Crippen LogP contribution in [0.5, 0.6) is 0 Å². The van der Waals surface area contributed by atoms with Crippen LogP contribution in [0, 0.1) is 0 Å². The Kier molecular flexibility index (Phi) is 4.53. The summed E-state index contributed by atoms with van der Waals surface area (Å²) in [4.78, 5) is 21.1. The van der Waals surface area contributed by atoms with Crippen molar-refractivity contribution >= 4 is 24.8 Å². The minimum Gasteiger partial charge on any atom is -0.387 e. The molecule has 5 N–H and O–H groups in total. The number of rotatable bonds is 5. The Labute approximate surface area is 135 Å². The fourth-order valence-corrected chi connectivity index (χ4v) is 2.81. The van der Waals surface area contributed by atoms with Gasteiger partial charge in [0.05, 0.1) is 12.9 Å². The van der Waals surface area contributed by atoms with E-state index in [1.165, 1.54) is 17.2 Å². The Bertz CT molecular complexity index is 785. The summed E-state index contributed by atoms with van der Waals surface area (Å²) in [6.07, 6.45) is -2.22. The number of fused-ring (bicyclic) bond motifs is 1. The molecule has 13 heteroatoms. The van der Waals surface area contributed by atoms with Crippen molar-refractivity contribution in [2.45, 2.75) is 24.5 Å². The molecule has 2 aromatic rings. The zero-order valence-electron chi connectivity index (χ0n) is 12.5. The third-order valence-corrected chi connectivity index (χ3v) is 4.57. The van der Waals surface area contributed by atoms with Crippen LogP contribution in [0.15, 0.2) is 12.7 Å². The summed E-state index contributed by atoms with van der Waals surface area (Å²) in [6, 6.07) is 0. The number of aliphatic hydroxyl groups excluding tert-OH is 2. The van der Waals surface area contributed by atoms with Crippen LogP contribution in [0.1, 0.15) is 6.23 Å². The molecule has 24 heavy (non-hydrogen) atoms. The molecular weight excluding hydrogens is 345 g/mol. The molecule has 0 radical (unpaired) electrons. The highest BCUT2D eigenvalue weighted by Gasteiger charge is 2.45. The number of ether oxygens (including phenoxy) is 1. The van der Waals surface area contributed by atoms with Gasteiger partial charge in [-0.15, -0.1) is 0 Å². The molecule has 3 heterocycles. The van der Waals surface area contributed by atoms with Crippen molar-refractivity contribution in [3.63, 3.8) is 0 Å². The molecule has 3 rings (SSSR count). The topological polar surface area (TPSA) is 175 Å². The predicted octanol–water partition coefficient (Wildman–Crippen LogP) is -1.21. The number of imidazole rings is 1. The van der Waals surface area contributed by atoms with E-state index in [0.29, 0.717) is 11.2 Å². The second-order valence-electron chi connectivity index (χ2n) is 5.08. The fourth-order valence-electron chi connectivity index (χ4n) is 2.37. The molecule has 12 nitrogen and oxygen atoms in total. The molecule has 0 aromatic carbocycles. The third kappa shape index (κ3) is 3.00. The van der Waals surface area contributed by atoms with Gasteiger partial charge in [0.1, 0.15) is 30.2 Å². The Hall–Kier alpha value is -1.66. The van der Waals surface area contributed by atoms with E-state index < -0.39 is 39.0 Å². The van der Waals surface area contributed by atoms with E-state index in [2.05, 4.69) is 24.0 Å². The van der Waals surface area contributed by atoms with Crippen LogP contribution in [-0.2, 0) is 18.3 Å². The van der Waals surface area contributed by atoms with Crippen molar-refractivity contribution in [3.8, 4) is 0 Å². The summed E-state index contributed by atoms with van der Waals surface area (Å²) in [7, 11) is -3.22. The summed E-state index contributed by atoms with van der Waals surface area (Å²) < 4.78 is 27.2. The Morgan fingerprint density at radius 1 is 1.38 bits per heavy atom. The molecular formula is C11H16N5O7P. The van der Waals surface area contributed by atoms with Crippen LogP contribution in [0.2, 0.25) is 0 Å². The number of phosphoric ester groups is 1. The first-order chi connectivity index (χ1) is 11.3. The number of aromatic nitrogens is 4. The van der Waals surface area contributed by atoms with Gasteiger partial charge in [0, 0.05) is 7.11 Å². The number of aliphatic hydroxyl groups is 2. The maximum absolute atomic E-state index is 11.3. The summed E-state index contributed by atoms with van der Waals surface area (Å²) in [6.45, 7) is -0.458. The number of nitrogens with two attached hydrogens (primary N) is 1. The van der Waals surface area contributed by atoms with E-state index in [1.807, 2.05) is 0 Å². The normalized spacial score (nSPS) is 29.8. The average Bonchev–Trinajstić information content (AvgIpc) is 3.10. The predicted molar refractivity (Wildman–Crippen MR) is 78.4 cm³/mol. The van der Waals surface area contributed by atoms with Crippen molar-refractivity contribution in [1.29, 1.82) is 0 Å². The molecule has 132 valence electrons. The van der Waals surface area contributed by atoms with Crippen LogP contribution < -0.4 is 5.73 Å². The largest absolute Gasteiger partial charge is 0.472 e. The lowest BCUT2D eigenvalue weighted by molar-refractivity contribution is -0.0509. The van der Waals surface area contributed by atoms with E-state index in [1.54, 1.807) is 0 Å². The zero-order valence-corrected chi connectivity index (χ0v) is 13.4. The fraction of sp³-hybridized carbons (Fsp3) is 0.545. The van der Waals surface area contributed by atoms with Crippen molar-refractivity contribution in [2.24, 2.45) is 0 Å². The summed E-state index contributed by atoms with van der Waals surface area (Å²) in [5.41, 5.74) is 6.33. The van der Waals surface area contributed by atoms with Crippen LogP contribution in [-0.4, -0.2) is 66.7 Å². The second-order valence-corrected chi connectivity index (χ2v) is 6.64. The monoisotopic (exact) mass is 361 g/mol. The minimum absolute atomic E-state index is 0.160. The van der Waals surface area contributed by atoms with Crippen LogP contribution in [0.4, 0.5) is 5.82 Å². The molecule has 2 aromatic heterocycles. The van der Waals surface area contributed by atoms with Gasteiger partial charge in [-0.25, -0.2) is 19.5 Å². The average molecular weight is 361 g/mol. The molecule has 0 bridgehead atoms. The number of hydrogen-bond acceptors (Lipinski definition) is 10. The summed E-state index contributed by atoms with van der Waals surface area (Å²) in [5.74, 6) is 0.160. The SMILES string of the molecule is COP(=O)(O)OC[C@H]1OC(n2cnc3c(N)ncnc32)[C@H](O)[C@@H]1O. The molecule has 0 saturated carbocycles. The molecule has 1 saturated heterocycles. The van der Waals surface area contributed by atoms with E-state index in [-0.39, 0.29) is 5.82 Å². The van der Waals surface area contributed by atoms with Crippen LogP contribution in [0.25, 0.3) is 11.2 Å². The minimum atomic E-state index is -4.23. The van der Waals surface area contributed by atoms with Gasteiger partial charge >= 0.3 is 7.82 Å². The standard InChI is InChI=1S/C11H16N5O7P/c1-21-24(19,20)22-2-5-7(17)8(18)11(23-5)16-4-15-6-9(12)13-3-14-10(6)16/h3-5,7-8,11,17-18H,2H2,1H3,(H,19,20)(H2,12,13,14)/t5-,7-,8-,11?/m1/s1. The lowest BCUT2D eigenvalue weighted by Crippen LogP contribution is -2.33. The molecule has 2 unspecified atom stereocenters. The van der Waals surface area contributed by atoms with Gasteiger partial charge in [-0.2, -0.15) is 0 Å². The molecule has 0 spiro atoms. The highest BCUT2D eigenvalue weighted by molar-refractivity contribution is 7.47. The molecule has 1 fully saturated rings. The summed E-state index contributed by atoms with van der Waals surface area (Å²) >= 11 is 0. The van der Waals surface area contributed by atoms with Gasteiger partial charge in [-0.3, -0.25) is 13.6 Å². The van der Waals surface area contributed by atoms with Gasteiger partial charge in [0.2, 0.25) is 0 Å². The maximum atomic E-state index is 11.3. The van der Waals surface area contributed by atoms with Crippen molar-refractivity contribution in [3.05, 3.63) is 12.7 Å². The Morgan fingerprint density at radius 3 is 2.83 bits per heavy atom. The second kappa shape index (κ2) is 6.33. The quantitative estimate of drug-likeness (QED) is 0.470. The first kappa shape index (κ1) is 17.2.